The van der Waals surface area contributed by atoms with Crippen LogP contribution in [0, 0.1) is 13.8 Å². The molecule has 1 fully saturated rings. The Hall–Kier alpha value is -2.44. The molecule has 0 aliphatic carbocycles. The molecule has 0 saturated carbocycles. The Morgan fingerprint density at radius 3 is 2.69 bits per heavy atom. The third kappa shape index (κ3) is 3.86. The fourth-order valence-corrected chi connectivity index (χ4v) is 3.52. The Labute approximate surface area is 154 Å². The smallest absolute Gasteiger partial charge is 0.254 e. The molecule has 1 atom stereocenters. The minimum atomic E-state index is 0.0307. The van der Waals surface area contributed by atoms with Gasteiger partial charge < -0.3 is 21.1 Å². The highest BCUT2D eigenvalue weighted by molar-refractivity contribution is 5.95. The number of pyridine rings is 1. The molecule has 0 radical (unpaired) electrons. The second-order valence-corrected chi connectivity index (χ2v) is 6.72. The van der Waals surface area contributed by atoms with Gasteiger partial charge in [-0.25, -0.2) is 4.98 Å². The number of aryl methyl sites for hydroxylation is 2. The van der Waals surface area contributed by atoms with Crippen molar-refractivity contribution in [2.75, 3.05) is 32.0 Å². The highest BCUT2D eigenvalue weighted by Crippen LogP contribution is 2.28. The minimum absolute atomic E-state index is 0.0307. The zero-order valence-corrected chi connectivity index (χ0v) is 15.4. The van der Waals surface area contributed by atoms with Gasteiger partial charge in [0.15, 0.2) is 0 Å². The average Bonchev–Trinajstić information content (AvgIpc) is 2.61. The Kier molecular flexibility index (Phi) is 5.54. The van der Waals surface area contributed by atoms with E-state index < -0.39 is 0 Å². The van der Waals surface area contributed by atoms with Crippen LogP contribution in [0.3, 0.4) is 0 Å². The van der Waals surface area contributed by atoms with Gasteiger partial charge in [-0.15, -0.1) is 0 Å². The van der Waals surface area contributed by atoms with Crippen LogP contribution in [0.1, 0.15) is 28.0 Å². The fraction of sp³-hybridized carbons (Fsp3) is 0.400. The lowest BCUT2D eigenvalue weighted by Crippen LogP contribution is -2.46. The molecule has 2 heterocycles. The molecule has 3 rings (SSSR count). The summed E-state index contributed by atoms with van der Waals surface area (Å²) in [6.45, 7) is 6.30. The van der Waals surface area contributed by atoms with Gasteiger partial charge in [0.2, 0.25) is 0 Å². The van der Waals surface area contributed by atoms with Crippen LogP contribution in [0.15, 0.2) is 30.3 Å². The summed E-state index contributed by atoms with van der Waals surface area (Å²) in [4.78, 5) is 19.0. The SMILES string of the molecule is Cc1cc(N)nc(C)c1-c1ccc(C(=O)N2CCOC(CCN)C2)cc1. The molecule has 26 heavy (non-hydrogen) atoms. The first-order chi connectivity index (χ1) is 12.5. The second-order valence-electron chi connectivity index (χ2n) is 6.72. The first-order valence-corrected chi connectivity index (χ1v) is 8.94. The molecule has 2 aromatic rings. The number of benzene rings is 1. The maximum atomic E-state index is 12.8. The number of aromatic nitrogens is 1. The van der Waals surface area contributed by atoms with E-state index in [1.54, 1.807) is 0 Å². The van der Waals surface area contributed by atoms with Gasteiger partial charge in [-0.1, -0.05) is 12.1 Å². The molecular formula is C20H26N4O2. The second kappa shape index (κ2) is 7.85. The summed E-state index contributed by atoms with van der Waals surface area (Å²) in [5.74, 6) is 0.556. The van der Waals surface area contributed by atoms with Crippen molar-refractivity contribution < 1.29 is 9.53 Å². The van der Waals surface area contributed by atoms with E-state index in [0.717, 1.165) is 28.8 Å². The maximum absolute atomic E-state index is 12.8. The number of hydrogen-bond donors (Lipinski definition) is 2. The number of hydrogen-bond acceptors (Lipinski definition) is 5. The number of carbonyl (C=O) groups excluding carboxylic acids is 1. The van der Waals surface area contributed by atoms with E-state index in [2.05, 4.69) is 4.98 Å². The van der Waals surface area contributed by atoms with Crippen LogP contribution < -0.4 is 11.5 Å². The normalized spacial score (nSPS) is 17.3. The lowest BCUT2D eigenvalue weighted by atomic mass is 9.98. The van der Waals surface area contributed by atoms with Gasteiger partial charge in [0.25, 0.3) is 5.91 Å². The van der Waals surface area contributed by atoms with E-state index >= 15 is 0 Å². The molecule has 1 amide bonds. The summed E-state index contributed by atoms with van der Waals surface area (Å²) in [6, 6.07) is 9.56. The van der Waals surface area contributed by atoms with E-state index in [0.29, 0.717) is 37.6 Å². The Bertz CT molecular complexity index is 764. The zero-order chi connectivity index (χ0) is 18.7. The largest absolute Gasteiger partial charge is 0.384 e. The molecule has 0 spiro atoms. The monoisotopic (exact) mass is 354 g/mol. The van der Waals surface area contributed by atoms with Crippen LogP contribution in [0.25, 0.3) is 11.1 Å². The first-order valence-electron chi connectivity index (χ1n) is 8.94. The van der Waals surface area contributed by atoms with Gasteiger partial charge in [-0.05, 0) is 56.1 Å². The molecule has 6 nitrogen and oxygen atoms in total. The van der Waals surface area contributed by atoms with Gasteiger partial charge in [0, 0.05) is 29.9 Å². The van der Waals surface area contributed by atoms with Crippen molar-refractivity contribution in [2.24, 2.45) is 5.73 Å². The number of carbonyl (C=O) groups is 1. The highest BCUT2D eigenvalue weighted by atomic mass is 16.5. The Morgan fingerprint density at radius 2 is 2.04 bits per heavy atom. The predicted molar refractivity (Wildman–Crippen MR) is 103 cm³/mol. The van der Waals surface area contributed by atoms with Gasteiger partial charge in [-0.2, -0.15) is 0 Å². The summed E-state index contributed by atoms with van der Waals surface area (Å²) >= 11 is 0. The molecule has 6 heteroatoms. The van der Waals surface area contributed by atoms with Gasteiger partial charge in [-0.3, -0.25) is 4.79 Å². The van der Waals surface area contributed by atoms with E-state index in [4.69, 9.17) is 16.2 Å². The fourth-order valence-electron chi connectivity index (χ4n) is 3.52. The van der Waals surface area contributed by atoms with E-state index in [1.807, 2.05) is 49.1 Å². The molecule has 1 aliphatic heterocycles. The van der Waals surface area contributed by atoms with Crippen LogP contribution >= 0.6 is 0 Å². The number of nitrogens with zero attached hydrogens (tertiary/aromatic N) is 2. The molecule has 1 unspecified atom stereocenters. The van der Waals surface area contributed by atoms with Crippen LogP contribution in [-0.2, 0) is 4.74 Å². The molecule has 0 bridgehead atoms. The Balaban J connectivity index is 1.78. The van der Waals surface area contributed by atoms with Crippen molar-refractivity contribution in [3.63, 3.8) is 0 Å². The van der Waals surface area contributed by atoms with E-state index in [1.165, 1.54) is 0 Å². The van der Waals surface area contributed by atoms with Crippen molar-refractivity contribution >= 4 is 11.7 Å². The van der Waals surface area contributed by atoms with E-state index in [9.17, 15) is 4.79 Å². The van der Waals surface area contributed by atoms with Crippen molar-refractivity contribution in [2.45, 2.75) is 26.4 Å². The van der Waals surface area contributed by atoms with Gasteiger partial charge in [0.1, 0.15) is 5.82 Å². The maximum Gasteiger partial charge on any atom is 0.254 e. The number of anilines is 1. The predicted octanol–water partition coefficient (Wildman–Crippen LogP) is 2.14. The number of nitrogens with two attached hydrogens (primary N) is 2. The summed E-state index contributed by atoms with van der Waals surface area (Å²) < 4.78 is 5.66. The van der Waals surface area contributed by atoms with Crippen LogP contribution in [0.4, 0.5) is 5.82 Å². The van der Waals surface area contributed by atoms with Crippen molar-refractivity contribution in [3.05, 3.63) is 47.2 Å². The lowest BCUT2D eigenvalue weighted by Gasteiger charge is -2.33. The third-order valence-corrected chi connectivity index (χ3v) is 4.75. The molecule has 1 aliphatic rings. The average molecular weight is 354 g/mol. The van der Waals surface area contributed by atoms with Crippen LogP contribution in [-0.4, -0.2) is 48.1 Å². The number of nitrogen functional groups attached to an aromatic ring is 1. The number of rotatable bonds is 4. The van der Waals surface area contributed by atoms with Crippen LogP contribution in [0.2, 0.25) is 0 Å². The number of ether oxygens (including phenoxy) is 1. The molecule has 4 N–H and O–H groups in total. The highest BCUT2D eigenvalue weighted by Gasteiger charge is 2.24. The summed E-state index contributed by atoms with van der Waals surface area (Å²) in [6.07, 6.45) is 0.800. The standard InChI is InChI=1S/C20H26N4O2/c1-13-11-18(22)23-14(2)19(13)15-3-5-16(6-4-15)20(25)24-9-10-26-17(12-24)7-8-21/h3-6,11,17H,7-10,12,21H2,1-2H3,(H2,22,23). The van der Waals surface area contributed by atoms with Crippen LogP contribution in [0.5, 0.6) is 0 Å². The topological polar surface area (TPSA) is 94.5 Å². The molecule has 138 valence electrons. The first kappa shape index (κ1) is 18.4. The van der Waals surface area contributed by atoms with Crippen molar-refractivity contribution in [1.82, 2.24) is 9.88 Å². The number of amides is 1. The quantitative estimate of drug-likeness (QED) is 0.877. The summed E-state index contributed by atoms with van der Waals surface area (Å²) in [7, 11) is 0. The lowest BCUT2D eigenvalue weighted by molar-refractivity contribution is -0.0236. The zero-order valence-electron chi connectivity index (χ0n) is 15.4. The summed E-state index contributed by atoms with van der Waals surface area (Å²) in [5, 5.41) is 0. The van der Waals surface area contributed by atoms with Gasteiger partial charge >= 0.3 is 0 Å². The minimum Gasteiger partial charge on any atom is -0.384 e. The molecule has 1 aromatic heterocycles. The molecule has 1 aromatic carbocycles. The van der Waals surface area contributed by atoms with Gasteiger partial charge in [0.05, 0.1) is 12.7 Å². The van der Waals surface area contributed by atoms with Crippen molar-refractivity contribution in [1.29, 1.82) is 0 Å². The van der Waals surface area contributed by atoms with Crippen molar-refractivity contribution in [3.8, 4) is 11.1 Å². The molecular weight excluding hydrogens is 328 g/mol. The Morgan fingerprint density at radius 1 is 1.31 bits per heavy atom. The molecule has 1 saturated heterocycles. The van der Waals surface area contributed by atoms with E-state index in [-0.39, 0.29) is 12.0 Å². The summed E-state index contributed by atoms with van der Waals surface area (Å²) in [5.41, 5.74) is 16.1. The number of morpholine rings is 1. The third-order valence-electron chi connectivity index (χ3n) is 4.75.